The van der Waals surface area contributed by atoms with Gasteiger partial charge in [0, 0.05) is 42.4 Å². The molecule has 5 aromatic rings. The summed E-state index contributed by atoms with van der Waals surface area (Å²) >= 11 is 0. The lowest BCUT2D eigenvalue weighted by Gasteiger charge is -2.15. The molecular formula is C26H16F2N6. The second kappa shape index (κ2) is 8.05. The van der Waals surface area contributed by atoms with E-state index in [1.54, 1.807) is 24.5 Å². The van der Waals surface area contributed by atoms with Gasteiger partial charge >= 0.3 is 0 Å². The third-order valence-electron chi connectivity index (χ3n) is 5.64. The molecule has 0 unspecified atom stereocenters. The highest BCUT2D eigenvalue weighted by Gasteiger charge is 2.22. The molecule has 0 atom stereocenters. The van der Waals surface area contributed by atoms with Gasteiger partial charge in [-0.2, -0.15) is 5.10 Å². The molecule has 0 amide bonds. The van der Waals surface area contributed by atoms with Crippen LogP contribution in [-0.2, 0) is 13.1 Å². The van der Waals surface area contributed by atoms with Gasteiger partial charge in [-0.05, 0) is 53.4 Å². The summed E-state index contributed by atoms with van der Waals surface area (Å²) in [5, 5.41) is 7.84. The second-order valence-electron chi connectivity index (χ2n) is 7.99. The SMILES string of the molecule is Fc1cc(C#Cc2ccc3[nH]ncc3c2)nc(-c2ccnc(N3Cc4ccc(F)cc4C3)n2)c1. The molecule has 164 valence electrons. The predicted molar refractivity (Wildman–Crippen MR) is 124 cm³/mol. The summed E-state index contributed by atoms with van der Waals surface area (Å²) in [5.41, 5.74) is 4.77. The molecule has 2 aromatic carbocycles. The largest absolute Gasteiger partial charge is 0.332 e. The molecule has 4 heterocycles. The summed E-state index contributed by atoms with van der Waals surface area (Å²) in [5.74, 6) is 5.71. The molecular weight excluding hydrogens is 434 g/mol. The number of pyridine rings is 1. The molecule has 0 bridgehead atoms. The van der Waals surface area contributed by atoms with Crippen LogP contribution >= 0.6 is 0 Å². The van der Waals surface area contributed by atoms with Crippen LogP contribution in [0.25, 0.3) is 22.3 Å². The van der Waals surface area contributed by atoms with Crippen molar-refractivity contribution in [3.05, 3.63) is 101 Å². The van der Waals surface area contributed by atoms with Crippen LogP contribution in [0.5, 0.6) is 0 Å². The number of rotatable bonds is 2. The van der Waals surface area contributed by atoms with E-state index in [1.165, 1.54) is 24.3 Å². The molecule has 8 heteroatoms. The Bertz CT molecular complexity index is 1610. The van der Waals surface area contributed by atoms with Gasteiger partial charge < -0.3 is 4.90 Å². The van der Waals surface area contributed by atoms with Crippen molar-refractivity contribution in [3.8, 4) is 23.2 Å². The summed E-state index contributed by atoms with van der Waals surface area (Å²) in [4.78, 5) is 15.4. The first-order chi connectivity index (χ1) is 16.6. The average Bonchev–Trinajstić information content (AvgIpc) is 3.49. The van der Waals surface area contributed by atoms with Crippen LogP contribution in [0.1, 0.15) is 22.4 Å². The van der Waals surface area contributed by atoms with Crippen LogP contribution in [-0.4, -0.2) is 25.1 Å². The quantitative estimate of drug-likeness (QED) is 0.398. The molecule has 6 nitrogen and oxygen atoms in total. The molecule has 1 N–H and O–H groups in total. The summed E-state index contributed by atoms with van der Waals surface area (Å²) < 4.78 is 28.0. The van der Waals surface area contributed by atoms with E-state index in [1.807, 2.05) is 23.1 Å². The van der Waals surface area contributed by atoms with Crippen LogP contribution in [0.3, 0.4) is 0 Å². The molecule has 0 saturated heterocycles. The molecule has 34 heavy (non-hydrogen) atoms. The minimum Gasteiger partial charge on any atom is -0.332 e. The Morgan fingerprint density at radius 2 is 1.74 bits per heavy atom. The van der Waals surface area contributed by atoms with E-state index in [9.17, 15) is 8.78 Å². The second-order valence-corrected chi connectivity index (χ2v) is 7.99. The van der Waals surface area contributed by atoms with E-state index in [4.69, 9.17) is 0 Å². The Hall–Kier alpha value is -4.64. The van der Waals surface area contributed by atoms with Gasteiger partial charge in [0.1, 0.15) is 17.3 Å². The first kappa shape index (κ1) is 20.0. The molecule has 1 aliphatic rings. The highest BCUT2D eigenvalue weighted by Crippen LogP contribution is 2.28. The van der Waals surface area contributed by atoms with Gasteiger partial charge in [0.25, 0.3) is 0 Å². The topological polar surface area (TPSA) is 70.6 Å². The maximum absolute atomic E-state index is 14.4. The number of anilines is 1. The molecule has 0 fully saturated rings. The van der Waals surface area contributed by atoms with E-state index in [0.29, 0.717) is 36.1 Å². The zero-order valence-corrected chi connectivity index (χ0v) is 17.8. The molecule has 6 rings (SSSR count). The van der Waals surface area contributed by atoms with Gasteiger partial charge in [-0.3, -0.25) is 5.10 Å². The number of benzene rings is 2. The summed E-state index contributed by atoms with van der Waals surface area (Å²) in [6, 6.07) is 14.7. The van der Waals surface area contributed by atoms with Crippen LogP contribution in [0.15, 0.2) is 67.0 Å². The fourth-order valence-corrected chi connectivity index (χ4v) is 4.00. The molecule has 0 spiro atoms. The molecule has 0 aliphatic carbocycles. The molecule has 0 saturated carbocycles. The van der Waals surface area contributed by atoms with Crippen molar-refractivity contribution in [2.24, 2.45) is 0 Å². The predicted octanol–water partition coefficient (Wildman–Crippen LogP) is 4.61. The maximum atomic E-state index is 14.4. The van der Waals surface area contributed by atoms with Crippen LogP contribution in [0, 0.1) is 23.5 Å². The van der Waals surface area contributed by atoms with Crippen molar-refractivity contribution in [2.75, 3.05) is 4.90 Å². The van der Waals surface area contributed by atoms with Crippen molar-refractivity contribution >= 4 is 16.9 Å². The zero-order valence-electron chi connectivity index (χ0n) is 17.8. The fraction of sp³-hybridized carbons (Fsp3) is 0.0769. The average molecular weight is 450 g/mol. The Balaban J connectivity index is 1.29. The molecule has 1 aliphatic heterocycles. The van der Waals surface area contributed by atoms with Crippen molar-refractivity contribution in [2.45, 2.75) is 13.1 Å². The van der Waals surface area contributed by atoms with E-state index < -0.39 is 5.82 Å². The van der Waals surface area contributed by atoms with Gasteiger partial charge in [-0.1, -0.05) is 12.0 Å². The van der Waals surface area contributed by atoms with Gasteiger partial charge in [-0.15, -0.1) is 0 Å². The number of nitrogens with zero attached hydrogens (tertiary/aromatic N) is 5. The van der Waals surface area contributed by atoms with Crippen molar-refractivity contribution < 1.29 is 8.78 Å². The monoisotopic (exact) mass is 450 g/mol. The van der Waals surface area contributed by atoms with Crippen LogP contribution in [0.2, 0.25) is 0 Å². The Morgan fingerprint density at radius 3 is 2.68 bits per heavy atom. The molecule has 0 radical (unpaired) electrons. The third-order valence-corrected chi connectivity index (χ3v) is 5.64. The number of H-pyrrole nitrogens is 1. The normalized spacial score (nSPS) is 12.5. The van der Waals surface area contributed by atoms with Gasteiger partial charge in [0.2, 0.25) is 5.95 Å². The number of nitrogens with one attached hydrogen (secondary N) is 1. The Labute approximate surface area is 193 Å². The van der Waals surface area contributed by atoms with Crippen molar-refractivity contribution in [1.82, 2.24) is 25.1 Å². The Kier molecular flexibility index (Phi) is 4.73. The lowest BCUT2D eigenvalue weighted by atomic mass is 10.1. The minimum atomic E-state index is -0.455. The standard InChI is InChI=1S/C26H16F2N6/c27-20-4-3-17-14-34(15-19(17)10-20)26-29-8-7-24(32-26)25-12-21(28)11-22(31-25)5-1-16-2-6-23-18(9-16)13-30-33-23/h2-4,6-13H,14-15H2,(H,30,33). The highest BCUT2D eigenvalue weighted by molar-refractivity contribution is 5.79. The summed E-state index contributed by atoms with van der Waals surface area (Å²) in [7, 11) is 0. The summed E-state index contributed by atoms with van der Waals surface area (Å²) in [6.45, 7) is 1.08. The lowest BCUT2D eigenvalue weighted by Crippen LogP contribution is -2.17. The van der Waals surface area contributed by atoms with Crippen LogP contribution in [0.4, 0.5) is 14.7 Å². The van der Waals surface area contributed by atoms with E-state index >= 15 is 0 Å². The van der Waals surface area contributed by atoms with Gasteiger partial charge in [0.15, 0.2) is 0 Å². The van der Waals surface area contributed by atoms with Crippen molar-refractivity contribution in [1.29, 1.82) is 0 Å². The minimum absolute atomic E-state index is 0.266. The number of aromatic amines is 1. The third kappa shape index (κ3) is 3.84. The number of halogens is 2. The number of aromatic nitrogens is 5. The summed E-state index contributed by atoms with van der Waals surface area (Å²) in [6.07, 6.45) is 3.33. The first-order valence-corrected chi connectivity index (χ1v) is 10.6. The Morgan fingerprint density at radius 1 is 0.824 bits per heavy atom. The number of hydrogen-bond acceptors (Lipinski definition) is 5. The van der Waals surface area contributed by atoms with E-state index in [-0.39, 0.29) is 5.82 Å². The fourth-order valence-electron chi connectivity index (χ4n) is 4.00. The number of fused-ring (bicyclic) bond motifs is 2. The first-order valence-electron chi connectivity index (χ1n) is 10.6. The van der Waals surface area contributed by atoms with E-state index in [2.05, 4.69) is 37.0 Å². The van der Waals surface area contributed by atoms with E-state index in [0.717, 1.165) is 27.6 Å². The molecule has 3 aromatic heterocycles. The number of hydrogen-bond donors (Lipinski definition) is 1. The van der Waals surface area contributed by atoms with Crippen LogP contribution < -0.4 is 4.90 Å². The van der Waals surface area contributed by atoms with Gasteiger partial charge in [-0.25, -0.2) is 23.7 Å². The zero-order chi connectivity index (χ0) is 23.1. The van der Waals surface area contributed by atoms with Crippen molar-refractivity contribution in [3.63, 3.8) is 0 Å². The highest BCUT2D eigenvalue weighted by atomic mass is 19.1. The van der Waals surface area contributed by atoms with Gasteiger partial charge in [0.05, 0.1) is 23.1 Å². The lowest BCUT2D eigenvalue weighted by molar-refractivity contribution is 0.625. The smallest absolute Gasteiger partial charge is 0.226 e. The maximum Gasteiger partial charge on any atom is 0.226 e.